The van der Waals surface area contributed by atoms with E-state index < -0.39 is 6.10 Å². The average Bonchev–Trinajstić information content (AvgIpc) is 2.39. The van der Waals surface area contributed by atoms with Crippen molar-refractivity contribution in [2.45, 2.75) is 25.6 Å². The number of carbonyl (C=O) groups is 1. The predicted octanol–water partition coefficient (Wildman–Crippen LogP) is 1.75. The van der Waals surface area contributed by atoms with Crippen molar-refractivity contribution in [3.63, 3.8) is 0 Å². The van der Waals surface area contributed by atoms with Gasteiger partial charge in [0.2, 0.25) is 5.75 Å². The highest BCUT2D eigenvalue weighted by Crippen LogP contribution is 2.40. The summed E-state index contributed by atoms with van der Waals surface area (Å²) in [6.07, 6.45) is -0.447. The fourth-order valence-corrected chi connectivity index (χ4v) is 2.13. The number of rotatable bonds is 5. The van der Waals surface area contributed by atoms with Crippen molar-refractivity contribution in [2.24, 2.45) is 0 Å². The highest BCUT2D eigenvalue weighted by Gasteiger charge is 2.42. The van der Waals surface area contributed by atoms with E-state index in [0.29, 0.717) is 23.7 Å². The molecule has 1 aliphatic rings. The summed E-state index contributed by atoms with van der Waals surface area (Å²) in [5.41, 5.74) is 1.01. The maximum absolute atomic E-state index is 11.4. The molecule has 0 aliphatic heterocycles. The van der Waals surface area contributed by atoms with Crippen LogP contribution >= 0.6 is 0 Å². The van der Waals surface area contributed by atoms with Crippen molar-refractivity contribution in [1.82, 2.24) is 0 Å². The van der Waals surface area contributed by atoms with E-state index in [0.717, 1.165) is 5.56 Å². The Kier molecular flexibility index (Phi) is 3.95. The molecular formula is C14H18O5. The van der Waals surface area contributed by atoms with Crippen LogP contribution in [0.15, 0.2) is 12.1 Å². The minimum Gasteiger partial charge on any atom is -0.493 e. The Morgan fingerprint density at radius 2 is 1.68 bits per heavy atom. The molecule has 1 saturated carbocycles. The van der Waals surface area contributed by atoms with E-state index in [1.165, 1.54) is 7.11 Å². The van der Waals surface area contributed by atoms with Crippen molar-refractivity contribution in [3.05, 3.63) is 17.7 Å². The van der Waals surface area contributed by atoms with Crippen LogP contribution in [0.25, 0.3) is 0 Å². The normalized spacial score (nSPS) is 21.8. The van der Waals surface area contributed by atoms with Crippen LogP contribution < -0.4 is 14.2 Å². The fraction of sp³-hybridized carbons (Fsp3) is 0.500. The molecule has 5 nitrogen and oxygen atoms in total. The van der Waals surface area contributed by atoms with Crippen molar-refractivity contribution in [3.8, 4) is 17.2 Å². The topological polar surface area (TPSA) is 54.0 Å². The van der Waals surface area contributed by atoms with E-state index in [1.807, 2.05) is 19.1 Å². The third-order valence-electron chi connectivity index (χ3n) is 3.19. The second-order valence-corrected chi connectivity index (χ2v) is 4.48. The lowest BCUT2D eigenvalue weighted by Crippen LogP contribution is -2.51. The number of hydrogen-bond donors (Lipinski definition) is 0. The van der Waals surface area contributed by atoms with Crippen molar-refractivity contribution in [1.29, 1.82) is 0 Å². The lowest BCUT2D eigenvalue weighted by Gasteiger charge is -2.34. The van der Waals surface area contributed by atoms with Gasteiger partial charge in [0.25, 0.3) is 0 Å². The molecular weight excluding hydrogens is 248 g/mol. The molecule has 0 N–H and O–H groups in total. The molecule has 0 radical (unpaired) electrons. The zero-order chi connectivity index (χ0) is 14.0. The fourth-order valence-electron chi connectivity index (χ4n) is 2.13. The summed E-state index contributed by atoms with van der Waals surface area (Å²) in [5.74, 6) is 1.74. The van der Waals surface area contributed by atoms with E-state index in [-0.39, 0.29) is 11.9 Å². The number of benzene rings is 1. The maximum atomic E-state index is 11.4. The quantitative estimate of drug-likeness (QED) is 0.812. The second-order valence-electron chi connectivity index (χ2n) is 4.48. The Labute approximate surface area is 112 Å². The molecule has 0 heterocycles. The molecule has 1 fully saturated rings. The van der Waals surface area contributed by atoms with Crippen LogP contribution in [0, 0.1) is 6.92 Å². The Morgan fingerprint density at radius 3 is 2.11 bits per heavy atom. The molecule has 2 rings (SSSR count). The molecule has 2 atom stereocenters. The van der Waals surface area contributed by atoms with Gasteiger partial charge in [-0.2, -0.15) is 0 Å². The van der Waals surface area contributed by atoms with Crippen LogP contribution in [0.2, 0.25) is 0 Å². The van der Waals surface area contributed by atoms with E-state index in [9.17, 15) is 4.79 Å². The predicted molar refractivity (Wildman–Crippen MR) is 69.1 cm³/mol. The third kappa shape index (κ3) is 2.51. The number of carbonyl (C=O) groups excluding carboxylic acids is 1. The van der Waals surface area contributed by atoms with Crippen molar-refractivity contribution >= 4 is 5.78 Å². The van der Waals surface area contributed by atoms with Crippen LogP contribution in [0.1, 0.15) is 12.0 Å². The Balaban J connectivity index is 2.26. The maximum Gasteiger partial charge on any atom is 0.203 e. The van der Waals surface area contributed by atoms with Crippen molar-refractivity contribution < 1.29 is 23.7 Å². The lowest BCUT2D eigenvalue weighted by molar-refractivity contribution is -0.151. The standard InChI is InChI=1S/C14H18O5/c1-8-5-10(16-2)14(11(6-8)17-3)19-12-7-9(15)13(12)18-4/h5-6,12-13H,7H2,1-4H3. The van der Waals surface area contributed by atoms with Crippen molar-refractivity contribution in [2.75, 3.05) is 21.3 Å². The molecule has 0 amide bonds. The summed E-state index contributed by atoms with van der Waals surface area (Å²) in [6, 6.07) is 3.72. The van der Waals surface area contributed by atoms with E-state index in [4.69, 9.17) is 18.9 Å². The van der Waals surface area contributed by atoms with Crippen LogP contribution in [0.5, 0.6) is 17.2 Å². The first-order valence-corrected chi connectivity index (χ1v) is 6.05. The Morgan fingerprint density at radius 1 is 1.11 bits per heavy atom. The number of ether oxygens (including phenoxy) is 4. The van der Waals surface area contributed by atoms with Gasteiger partial charge < -0.3 is 18.9 Å². The first-order valence-electron chi connectivity index (χ1n) is 6.05. The number of hydrogen-bond acceptors (Lipinski definition) is 5. The Bertz CT molecular complexity index is 458. The summed E-state index contributed by atoms with van der Waals surface area (Å²) < 4.78 is 21.5. The minimum absolute atomic E-state index is 0.0533. The summed E-state index contributed by atoms with van der Waals surface area (Å²) >= 11 is 0. The summed E-state index contributed by atoms with van der Waals surface area (Å²) in [5, 5.41) is 0. The first kappa shape index (κ1) is 13.7. The Hall–Kier alpha value is -1.75. The largest absolute Gasteiger partial charge is 0.493 e. The van der Waals surface area contributed by atoms with Crippen LogP contribution in [0.4, 0.5) is 0 Å². The van der Waals surface area contributed by atoms with Gasteiger partial charge in [-0.25, -0.2) is 0 Å². The van der Waals surface area contributed by atoms with E-state index in [2.05, 4.69) is 0 Å². The molecule has 1 aliphatic carbocycles. The lowest BCUT2D eigenvalue weighted by atomic mass is 9.90. The molecule has 104 valence electrons. The van der Waals surface area contributed by atoms with Gasteiger partial charge in [-0.3, -0.25) is 4.79 Å². The number of aryl methyl sites for hydroxylation is 1. The van der Waals surface area contributed by atoms with Gasteiger partial charge in [-0.15, -0.1) is 0 Å². The summed E-state index contributed by atoms with van der Waals surface area (Å²) in [6.45, 7) is 1.94. The summed E-state index contributed by atoms with van der Waals surface area (Å²) in [7, 11) is 4.64. The highest BCUT2D eigenvalue weighted by molar-refractivity contribution is 5.90. The third-order valence-corrected chi connectivity index (χ3v) is 3.19. The van der Waals surface area contributed by atoms with Crippen LogP contribution in [-0.2, 0) is 9.53 Å². The molecule has 0 spiro atoms. The molecule has 0 aromatic heterocycles. The molecule has 5 heteroatoms. The van der Waals surface area contributed by atoms with E-state index >= 15 is 0 Å². The molecule has 0 saturated heterocycles. The summed E-state index contributed by atoms with van der Waals surface area (Å²) in [4.78, 5) is 11.4. The van der Waals surface area contributed by atoms with Gasteiger partial charge in [-0.1, -0.05) is 0 Å². The molecule has 1 aromatic carbocycles. The van der Waals surface area contributed by atoms with Gasteiger partial charge in [0.15, 0.2) is 23.4 Å². The zero-order valence-corrected chi connectivity index (χ0v) is 11.6. The number of Topliss-reactive ketones (excluding diaryl/α,β-unsaturated/α-hetero) is 1. The van der Waals surface area contributed by atoms with Gasteiger partial charge in [0.1, 0.15) is 6.10 Å². The first-order chi connectivity index (χ1) is 9.10. The average molecular weight is 266 g/mol. The van der Waals surface area contributed by atoms with Gasteiger partial charge in [-0.05, 0) is 24.6 Å². The molecule has 0 bridgehead atoms. The number of ketones is 1. The molecule has 2 unspecified atom stereocenters. The minimum atomic E-state index is -0.504. The monoisotopic (exact) mass is 266 g/mol. The highest BCUT2D eigenvalue weighted by atomic mass is 16.6. The van der Waals surface area contributed by atoms with Gasteiger partial charge in [0.05, 0.1) is 14.2 Å². The molecule has 19 heavy (non-hydrogen) atoms. The van der Waals surface area contributed by atoms with E-state index in [1.54, 1.807) is 14.2 Å². The van der Waals surface area contributed by atoms with Crippen LogP contribution in [-0.4, -0.2) is 39.3 Å². The smallest absolute Gasteiger partial charge is 0.203 e. The SMILES string of the molecule is COc1cc(C)cc(OC)c1OC1CC(=O)C1OC. The second kappa shape index (κ2) is 5.48. The van der Waals surface area contributed by atoms with Gasteiger partial charge >= 0.3 is 0 Å². The number of methoxy groups -OCH3 is 3. The zero-order valence-electron chi connectivity index (χ0n) is 11.6. The van der Waals surface area contributed by atoms with Gasteiger partial charge in [0, 0.05) is 13.5 Å². The van der Waals surface area contributed by atoms with Crippen LogP contribution in [0.3, 0.4) is 0 Å². The molecule has 1 aromatic rings.